The highest BCUT2D eigenvalue weighted by molar-refractivity contribution is 6.31. The van der Waals surface area contributed by atoms with Crippen molar-refractivity contribution in [1.82, 2.24) is 0 Å². The molecule has 0 spiro atoms. The van der Waals surface area contributed by atoms with Crippen LogP contribution in [-0.4, -0.2) is 23.5 Å². The molecule has 3 heterocycles. The fourth-order valence-corrected chi connectivity index (χ4v) is 3.88. The minimum atomic E-state index is -0.663. The second-order valence-electron chi connectivity index (χ2n) is 6.07. The Morgan fingerprint density at radius 2 is 2.05 bits per heavy atom. The monoisotopic (exact) mass is 303 g/mol. The standard InChI is InChI=1S/C16H14ClNO3/c1-8-3-4-9(17)7-10(8)18-14(19)12-11-5-6-16(2,21-11)13(12)15(18)20/h3-7,11-13H,1-2H3. The van der Waals surface area contributed by atoms with E-state index in [1.54, 1.807) is 12.1 Å². The highest BCUT2D eigenvalue weighted by atomic mass is 35.5. The Hall–Kier alpha value is -1.65. The Kier molecular flexibility index (Phi) is 2.46. The van der Waals surface area contributed by atoms with Gasteiger partial charge in [0, 0.05) is 5.02 Å². The highest BCUT2D eigenvalue weighted by Gasteiger charge is 2.66. The summed E-state index contributed by atoms with van der Waals surface area (Å²) in [6.07, 6.45) is 3.50. The van der Waals surface area contributed by atoms with Gasteiger partial charge in [0.15, 0.2) is 0 Å². The summed E-state index contributed by atoms with van der Waals surface area (Å²) in [6, 6.07) is 5.24. The third-order valence-corrected chi connectivity index (χ3v) is 4.98. The minimum Gasteiger partial charge on any atom is -0.362 e. The van der Waals surface area contributed by atoms with Crippen molar-refractivity contribution in [3.8, 4) is 0 Å². The molecule has 4 rings (SSSR count). The SMILES string of the molecule is Cc1ccc(Cl)cc1N1C(=O)C2C3C=CC(C)(O3)C2C1=O. The van der Waals surface area contributed by atoms with Gasteiger partial charge in [-0.2, -0.15) is 0 Å². The van der Waals surface area contributed by atoms with E-state index in [9.17, 15) is 9.59 Å². The summed E-state index contributed by atoms with van der Waals surface area (Å²) in [6.45, 7) is 3.74. The molecule has 4 atom stereocenters. The Morgan fingerprint density at radius 1 is 1.29 bits per heavy atom. The summed E-state index contributed by atoms with van der Waals surface area (Å²) in [5.74, 6) is -1.22. The summed E-state index contributed by atoms with van der Waals surface area (Å²) in [5, 5.41) is 0.511. The molecule has 0 aromatic heterocycles. The molecule has 2 fully saturated rings. The third-order valence-electron chi connectivity index (χ3n) is 4.74. The van der Waals surface area contributed by atoms with Gasteiger partial charge in [-0.05, 0) is 31.5 Å². The first kappa shape index (κ1) is 13.0. The molecule has 3 aliphatic heterocycles. The normalized spacial score (nSPS) is 36.7. The van der Waals surface area contributed by atoms with Crippen LogP contribution in [0.1, 0.15) is 12.5 Å². The van der Waals surface area contributed by atoms with E-state index in [2.05, 4.69) is 0 Å². The van der Waals surface area contributed by atoms with Gasteiger partial charge in [-0.3, -0.25) is 9.59 Å². The van der Waals surface area contributed by atoms with Gasteiger partial charge in [0.1, 0.15) is 0 Å². The first-order valence-corrected chi connectivity index (χ1v) is 7.31. The Morgan fingerprint density at radius 3 is 2.76 bits per heavy atom. The van der Waals surface area contributed by atoms with Crippen molar-refractivity contribution < 1.29 is 14.3 Å². The van der Waals surface area contributed by atoms with Gasteiger partial charge >= 0.3 is 0 Å². The number of benzene rings is 1. The maximum atomic E-state index is 12.8. The van der Waals surface area contributed by atoms with Gasteiger partial charge in [-0.1, -0.05) is 29.8 Å². The van der Waals surface area contributed by atoms with Crippen LogP contribution in [0.2, 0.25) is 5.02 Å². The van der Waals surface area contributed by atoms with Gasteiger partial charge in [0.2, 0.25) is 11.8 Å². The molecule has 0 saturated carbocycles. The van der Waals surface area contributed by atoms with E-state index in [1.807, 2.05) is 32.1 Å². The number of hydrogen-bond donors (Lipinski definition) is 0. The van der Waals surface area contributed by atoms with Crippen LogP contribution < -0.4 is 4.90 Å². The number of hydrogen-bond acceptors (Lipinski definition) is 3. The molecule has 3 aliphatic rings. The number of rotatable bonds is 1. The molecule has 0 N–H and O–H groups in total. The van der Waals surface area contributed by atoms with Crippen molar-refractivity contribution >= 4 is 29.1 Å². The van der Waals surface area contributed by atoms with Crippen LogP contribution in [0, 0.1) is 18.8 Å². The lowest BCUT2D eigenvalue weighted by molar-refractivity contribution is -0.126. The summed E-state index contributed by atoms with van der Waals surface area (Å²) in [5.41, 5.74) is 0.769. The molecule has 1 aromatic rings. The molecular formula is C16H14ClNO3. The van der Waals surface area contributed by atoms with E-state index in [4.69, 9.17) is 16.3 Å². The molecule has 2 amide bonds. The Labute approximate surface area is 127 Å². The summed E-state index contributed by atoms with van der Waals surface area (Å²) in [4.78, 5) is 26.8. The lowest BCUT2D eigenvalue weighted by Crippen LogP contribution is -2.38. The maximum Gasteiger partial charge on any atom is 0.241 e. The lowest BCUT2D eigenvalue weighted by atomic mass is 9.78. The summed E-state index contributed by atoms with van der Waals surface area (Å²) < 4.78 is 5.80. The van der Waals surface area contributed by atoms with Crippen LogP contribution in [0.5, 0.6) is 0 Å². The van der Waals surface area contributed by atoms with Crippen LogP contribution in [0.3, 0.4) is 0 Å². The average molecular weight is 304 g/mol. The van der Waals surface area contributed by atoms with Crippen molar-refractivity contribution in [2.45, 2.75) is 25.6 Å². The predicted octanol–water partition coefficient (Wildman–Crippen LogP) is 2.48. The van der Waals surface area contributed by atoms with E-state index in [0.29, 0.717) is 10.7 Å². The number of ether oxygens (including phenoxy) is 1. The molecule has 1 aromatic carbocycles. The fourth-order valence-electron chi connectivity index (χ4n) is 3.71. The van der Waals surface area contributed by atoms with E-state index < -0.39 is 17.4 Å². The van der Waals surface area contributed by atoms with Crippen molar-refractivity contribution in [3.05, 3.63) is 40.9 Å². The molecule has 0 aliphatic carbocycles. The zero-order chi connectivity index (χ0) is 14.9. The Balaban J connectivity index is 1.82. The molecule has 2 saturated heterocycles. The van der Waals surface area contributed by atoms with Crippen molar-refractivity contribution in [2.24, 2.45) is 11.8 Å². The van der Waals surface area contributed by atoms with Gasteiger partial charge in [0.05, 0.1) is 29.2 Å². The van der Waals surface area contributed by atoms with E-state index in [1.165, 1.54) is 4.90 Å². The second kappa shape index (κ2) is 3.96. The van der Waals surface area contributed by atoms with Crippen LogP contribution in [-0.2, 0) is 14.3 Å². The summed E-state index contributed by atoms with van der Waals surface area (Å²) in [7, 11) is 0. The number of amides is 2. The molecule has 21 heavy (non-hydrogen) atoms. The van der Waals surface area contributed by atoms with Crippen molar-refractivity contribution in [1.29, 1.82) is 0 Å². The van der Waals surface area contributed by atoms with Crippen LogP contribution in [0.25, 0.3) is 0 Å². The fraction of sp³-hybridized carbons (Fsp3) is 0.375. The Bertz CT molecular complexity index is 713. The smallest absolute Gasteiger partial charge is 0.241 e. The van der Waals surface area contributed by atoms with Crippen molar-refractivity contribution in [3.63, 3.8) is 0 Å². The van der Waals surface area contributed by atoms with E-state index >= 15 is 0 Å². The third kappa shape index (κ3) is 1.54. The number of anilines is 1. The highest BCUT2D eigenvalue weighted by Crippen LogP contribution is 2.52. The first-order valence-electron chi connectivity index (χ1n) is 6.93. The molecule has 4 unspecified atom stereocenters. The zero-order valence-corrected chi connectivity index (χ0v) is 12.4. The molecule has 5 heteroatoms. The predicted molar refractivity (Wildman–Crippen MR) is 78.1 cm³/mol. The largest absolute Gasteiger partial charge is 0.362 e. The quantitative estimate of drug-likeness (QED) is 0.591. The molecule has 108 valence electrons. The van der Waals surface area contributed by atoms with Crippen LogP contribution in [0.4, 0.5) is 5.69 Å². The summed E-state index contributed by atoms with van der Waals surface area (Å²) >= 11 is 6.02. The average Bonchev–Trinajstić information content (AvgIpc) is 3.03. The maximum absolute atomic E-state index is 12.8. The number of fused-ring (bicyclic) bond motifs is 5. The zero-order valence-electron chi connectivity index (χ0n) is 11.7. The number of halogens is 1. The molecule has 4 nitrogen and oxygen atoms in total. The lowest BCUT2D eigenvalue weighted by Gasteiger charge is -2.24. The topological polar surface area (TPSA) is 46.6 Å². The number of carbonyl (C=O) groups excluding carboxylic acids is 2. The first-order chi connectivity index (χ1) is 9.92. The van der Waals surface area contributed by atoms with Gasteiger partial charge in [-0.25, -0.2) is 4.90 Å². The van der Waals surface area contributed by atoms with Gasteiger partial charge < -0.3 is 4.74 Å². The number of imide groups is 1. The van der Waals surface area contributed by atoms with Crippen molar-refractivity contribution in [2.75, 3.05) is 4.90 Å². The number of nitrogens with zero attached hydrogens (tertiary/aromatic N) is 1. The number of aryl methyl sites for hydroxylation is 1. The van der Waals surface area contributed by atoms with E-state index in [-0.39, 0.29) is 17.9 Å². The minimum absolute atomic E-state index is 0.187. The second-order valence-corrected chi connectivity index (χ2v) is 6.51. The van der Waals surface area contributed by atoms with Crippen LogP contribution >= 0.6 is 11.6 Å². The van der Waals surface area contributed by atoms with Crippen LogP contribution in [0.15, 0.2) is 30.4 Å². The van der Waals surface area contributed by atoms with E-state index in [0.717, 1.165) is 5.56 Å². The molecule has 0 radical (unpaired) electrons. The number of carbonyl (C=O) groups is 2. The van der Waals surface area contributed by atoms with Gasteiger partial charge in [0.25, 0.3) is 0 Å². The van der Waals surface area contributed by atoms with Gasteiger partial charge in [-0.15, -0.1) is 0 Å². The molecular weight excluding hydrogens is 290 g/mol. The molecule has 2 bridgehead atoms.